The van der Waals surface area contributed by atoms with E-state index in [1.165, 1.54) is 0 Å². The average Bonchev–Trinajstić information content (AvgIpc) is 3.46. The lowest BCUT2D eigenvalue weighted by atomic mass is 9.95. The molecule has 35 heavy (non-hydrogen) atoms. The SMILES string of the molecule is COc1ccc(C2C(=C(O)c3ccc(OC(C)C)cc3)C(=O)C(=O)N2CCC[n+]2cc[nH]c2)cc1. The van der Waals surface area contributed by atoms with Gasteiger partial charge in [0.25, 0.3) is 11.7 Å². The van der Waals surface area contributed by atoms with Gasteiger partial charge in [-0.1, -0.05) is 12.1 Å². The van der Waals surface area contributed by atoms with Crippen molar-refractivity contribution in [1.82, 2.24) is 9.88 Å². The van der Waals surface area contributed by atoms with E-state index in [0.717, 1.165) is 5.56 Å². The number of aliphatic hydroxyl groups is 1. The van der Waals surface area contributed by atoms with Crippen molar-refractivity contribution in [3.8, 4) is 11.5 Å². The highest BCUT2D eigenvalue weighted by Gasteiger charge is 2.45. The van der Waals surface area contributed by atoms with E-state index in [2.05, 4.69) is 4.98 Å². The number of aryl methyl sites for hydroxylation is 1. The Morgan fingerprint density at radius 3 is 2.37 bits per heavy atom. The van der Waals surface area contributed by atoms with E-state index in [1.807, 2.05) is 49.3 Å². The van der Waals surface area contributed by atoms with Gasteiger partial charge in [0.2, 0.25) is 6.33 Å². The number of H-pyrrole nitrogens is 1. The molecule has 0 spiro atoms. The van der Waals surface area contributed by atoms with Crippen molar-refractivity contribution >= 4 is 17.4 Å². The maximum absolute atomic E-state index is 13.2. The Balaban J connectivity index is 1.69. The number of nitrogens with zero attached hydrogens (tertiary/aromatic N) is 2. The van der Waals surface area contributed by atoms with Crippen LogP contribution in [0.25, 0.3) is 5.76 Å². The summed E-state index contributed by atoms with van der Waals surface area (Å²) in [6.45, 7) is 4.90. The zero-order valence-electron chi connectivity index (χ0n) is 20.1. The Labute approximate surface area is 204 Å². The summed E-state index contributed by atoms with van der Waals surface area (Å²) in [5.74, 6) is -0.199. The summed E-state index contributed by atoms with van der Waals surface area (Å²) in [6, 6.07) is 13.3. The minimum absolute atomic E-state index is 0.0132. The Hall–Kier alpha value is -4.07. The largest absolute Gasteiger partial charge is 0.507 e. The number of aromatic nitrogens is 2. The number of benzene rings is 2. The molecule has 0 saturated carbocycles. The molecule has 0 bridgehead atoms. The molecule has 2 heterocycles. The van der Waals surface area contributed by atoms with Crippen molar-refractivity contribution in [2.45, 2.75) is 39.0 Å². The molecule has 1 aromatic heterocycles. The molecule has 182 valence electrons. The third-order valence-corrected chi connectivity index (χ3v) is 5.89. The number of aliphatic hydroxyl groups excluding tert-OH is 1. The molecule has 1 saturated heterocycles. The molecular formula is C27H30N3O5+. The van der Waals surface area contributed by atoms with Crippen molar-refractivity contribution in [1.29, 1.82) is 0 Å². The molecule has 1 fully saturated rings. The first-order valence-corrected chi connectivity index (χ1v) is 11.6. The molecule has 0 aliphatic carbocycles. The van der Waals surface area contributed by atoms with Gasteiger partial charge in [0.15, 0.2) is 0 Å². The van der Waals surface area contributed by atoms with Gasteiger partial charge in [-0.15, -0.1) is 0 Å². The smallest absolute Gasteiger partial charge is 0.295 e. The fourth-order valence-electron chi connectivity index (χ4n) is 4.25. The van der Waals surface area contributed by atoms with Crippen LogP contribution in [-0.4, -0.2) is 46.4 Å². The number of hydrogen-bond acceptors (Lipinski definition) is 5. The molecule has 2 aromatic carbocycles. The number of methoxy groups -OCH3 is 1. The number of rotatable bonds is 9. The number of hydrogen-bond donors (Lipinski definition) is 2. The quantitative estimate of drug-likeness (QED) is 0.213. The van der Waals surface area contributed by atoms with E-state index >= 15 is 0 Å². The molecule has 8 heteroatoms. The van der Waals surface area contributed by atoms with Gasteiger partial charge in [0.05, 0.1) is 31.4 Å². The van der Waals surface area contributed by atoms with Crippen molar-refractivity contribution in [2.24, 2.45) is 0 Å². The highest BCUT2D eigenvalue weighted by molar-refractivity contribution is 6.46. The summed E-state index contributed by atoms with van der Waals surface area (Å²) in [6.07, 6.45) is 6.22. The first kappa shape index (κ1) is 24.1. The summed E-state index contributed by atoms with van der Waals surface area (Å²) >= 11 is 0. The Kier molecular flexibility index (Phi) is 7.19. The van der Waals surface area contributed by atoms with Gasteiger partial charge in [-0.25, -0.2) is 4.57 Å². The maximum atomic E-state index is 13.2. The minimum atomic E-state index is -0.705. The number of imidazole rings is 1. The van der Waals surface area contributed by atoms with E-state index in [0.29, 0.717) is 36.6 Å². The van der Waals surface area contributed by atoms with Crippen LogP contribution >= 0.6 is 0 Å². The van der Waals surface area contributed by atoms with Gasteiger partial charge in [-0.05, 0) is 55.8 Å². The van der Waals surface area contributed by atoms with Crippen LogP contribution < -0.4 is 14.0 Å². The van der Waals surface area contributed by atoms with E-state index in [-0.39, 0.29) is 17.4 Å². The van der Waals surface area contributed by atoms with Crippen LogP contribution in [0.1, 0.15) is 37.4 Å². The minimum Gasteiger partial charge on any atom is -0.507 e. The van der Waals surface area contributed by atoms with Crippen molar-refractivity contribution in [3.05, 3.63) is 84.0 Å². The molecule has 1 aliphatic heterocycles. The van der Waals surface area contributed by atoms with E-state index in [4.69, 9.17) is 9.47 Å². The second kappa shape index (κ2) is 10.5. The van der Waals surface area contributed by atoms with E-state index in [1.54, 1.807) is 48.4 Å². The maximum Gasteiger partial charge on any atom is 0.295 e. The predicted octanol–water partition coefficient (Wildman–Crippen LogP) is 3.61. The van der Waals surface area contributed by atoms with Gasteiger partial charge >= 0.3 is 0 Å². The molecule has 1 aliphatic rings. The van der Waals surface area contributed by atoms with Gasteiger partial charge in [-0.2, -0.15) is 0 Å². The molecule has 2 N–H and O–H groups in total. The molecule has 0 radical (unpaired) electrons. The molecule has 1 atom stereocenters. The average molecular weight is 477 g/mol. The van der Waals surface area contributed by atoms with Crippen LogP contribution in [0.15, 0.2) is 72.8 Å². The zero-order valence-corrected chi connectivity index (χ0v) is 20.1. The Bertz CT molecular complexity index is 1200. The molecule has 4 rings (SSSR count). The van der Waals surface area contributed by atoms with Crippen molar-refractivity contribution in [3.63, 3.8) is 0 Å². The van der Waals surface area contributed by atoms with Gasteiger partial charge < -0.3 is 19.5 Å². The summed E-state index contributed by atoms with van der Waals surface area (Å²) in [5, 5.41) is 11.2. The van der Waals surface area contributed by atoms with Crippen LogP contribution in [0, 0.1) is 0 Å². The normalized spacial score (nSPS) is 17.3. The molecule has 1 amide bonds. The van der Waals surface area contributed by atoms with Crippen molar-refractivity contribution in [2.75, 3.05) is 13.7 Å². The Morgan fingerprint density at radius 1 is 1.09 bits per heavy atom. The lowest BCUT2D eigenvalue weighted by Gasteiger charge is -2.25. The first-order chi connectivity index (χ1) is 16.9. The fourth-order valence-corrected chi connectivity index (χ4v) is 4.25. The van der Waals surface area contributed by atoms with Crippen molar-refractivity contribution < 1.29 is 28.7 Å². The number of ether oxygens (including phenoxy) is 2. The van der Waals surface area contributed by atoms with E-state index in [9.17, 15) is 14.7 Å². The van der Waals surface area contributed by atoms with Crippen LogP contribution in [0.3, 0.4) is 0 Å². The summed E-state index contributed by atoms with van der Waals surface area (Å²) in [7, 11) is 1.58. The number of carbonyl (C=O) groups excluding carboxylic acids is 2. The summed E-state index contributed by atoms with van der Waals surface area (Å²) < 4.78 is 12.9. The highest BCUT2D eigenvalue weighted by Crippen LogP contribution is 2.40. The number of amides is 1. The number of ketones is 1. The third kappa shape index (κ3) is 5.21. The van der Waals surface area contributed by atoms with E-state index < -0.39 is 17.7 Å². The number of aromatic amines is 1. The highest BCUT2D eigenvalue weighted by atomic mass is 16.5. The van der Waals surface area contributed by atoms with Gasteiger partial charge in [-0.3, -0.25) is 14.6 Å². The third-order valence-electron chi connectivity index (χ3n) is 5.89. The van der Waals surface area contributed by atoms with Crippen LogP contribution in [-0.2, 0) is 16.1 Å². The standard InChI is InChI=1S/C27H29N3O5/c1-18(2)35-22-11-7-20(8-12-22)25(31)23-24(19-5-9-21(34-3)10-6-19)30(27(33)26(23)32)15-4-14-29-16-13-28-17-29/h5-13,16-18,24H,4,14-15H2,1-3H3,(H,31,32)/p+1. The topological polar surface area (TPSA) is 95.7 Å². The van der Waals surface area contributed by atoms with Crippen LogP contribution in [0.4, 0.5) is 0 Å². The molecule has 8 nitrogen and oxygen atoms in total. The molecule has 3 aromatic rings. The predicted molar refractivity (Wildman–Crippen MR) is 130 cm³/mol. The molecular weight excluding hydrogens is 446 g/mol. The molecule has 1 unspecified atom stereocenters. The zero-order chi connectivity index (χ0) is 24.9. The first-order valence-electron chi connectivity index (χ1n) is 11.6. The Morgan fingerprint density at radius 2 is 1.77 bits per heavy atom. The number of Topliss-reactive ketones (excluding diaryl/α,β-unsaturated/α-hetero) is 1. The van der Waals surface area contributed by atoms with Gasteiger partial charge in [0.1, 0.15) is 29.7 Å². The number of nitrogens with one attached hydrogen (secondary N) is 1. The summed E-state index contributed by atoms with van der Waals surface area (Å²) in [5.41, 5.74) is 1.24. The summed E-state index contributed by atoms with van der Waals surface area (Å²) in [4.78, 5) is 30.8. The van der Waals surface area contributed by atoms with Crippen LogP contribution in [0.5, 0.6) is 11.5 Å². The van der Waals surface area contributed by atoms with Gasteiger partial charge in [0, 0.05) is 18.5 Å². The number of likely N-dealkylation sites (tertiary alicyclic amines) is 1. The lowest BCUT2D eigenvalue weighted by molar-refractivity contribution is -0.695. The fraction of sp³-hybridized carbons (Fsp3) is 0.296. The second-order valence-electron chi connectivity index (χ2n) is 8.66. The van der Waals surface area contributed by atoms with Crippen LogP contribution in [0.2, 0.25) is 0 Å². The number of carbonyl (C=O) groups is 2. The lowest BCUT2D eigenvalue weighted by Crippen LogP contribution is -2.36. The monoisotopic (exact) mass is 476 g/mol. The second-order valence-corrected chi connectivity index (χ2v) is 8.66.